The second-order valence-corrected chi connectivity index (χ2v) is 8.13. The maximum Gasteiger partial charge on any atom is 0.172 e. The largest absolute Gasteiger partial charge is 0.396 e. The monoisotopic (exact) mass is 377 g/mol. The van der Waals surface area contributed by atoms with Crippen molar-refractivity contribution in [2.24, 2.45) is 5.41 Å². The molecule has 5 heteroatoms. The normalized spacial score (nSPS) is 16.4. The molecule has 0 spiro atoms. The summed E-state index contributed by atoms with van der Waals surface area (Å²) in [7, 11) is 0. The molecule has 146 valence electrons. The van der Waals surface area contributed by atoms with Gasteiger partial charge in [-0.2, -0.15) is 0 Å². The molecule has 0 unspecified atom stereocenters. The molecule has 3 aromatic rings. The van der Waals surface area contributed by atoms with Gasteiger partial charge in [0.15, 0.2) is 11.4 Å². The minimum absolute atomic E-state index is 0.182. The highest BCUT2D eigenvalue weighted by Gasteiger charge is 2.36. The number of hydrogen-bond acceptors (Lipinski definition) is 4. The van der Waals surface area contributed by atoms with Gasteiger partial charge in [-0.05, 0) is 37.3 Å². The summed E-state index contributed by atoms with van der Waals surface area (Å²) in [6.07, 6.45) is 10.4. The van der Waals surface area contributed by atoms with Crippen molar-refractivity contribution in [1.82, 2.24) is 15.0 Å². The molecule has 1 saturated carbocycles. The minimum Gasteiger partial charge on any atom is -0.396 e. The third kappa shape index (κ3) is 3.59. The van der Waals surface area contributed by atoms with Gasteiger partial charge in [0, 0.05) is 23.8 Å². The Balaban J connectivity index is 1.69. The SMILES string of the molecule is CC1(C(=O)c2c[nH]c3ncc(-c4cccc(CCCO)c4)nc23)CCCCC1. The first-order valence-corrected chi connectivity index (χ1v) is 10.2. The zero-order chi connectivity index (χ0) is 19.6. The predicted octanol–water partition coefficient (Wildman–Crippen LogP) is 4.70. The minimum atomic E-state index is -0.296. The molecule has 0 amide bonds. The smallest absolute Gasteiger partial charge is 0.172 e. The Labute approximate surface area is 165 Å². The molecule has 0 saturated heterocycles. The Morgan fingerprint density at radius 3 is 2.86 bits per heavy atom. The number of nitrogens with zero attached hydrogens (tertiary/aromatic N) is 2. The van der Waals surface area contributed by atoms with Crippen molar-refractivity contribution in [2.45, 2.75) is 51.9 Å². The maximum atomic E-state index is 13.3. The Hall–Kier alpha value is -2.53. The van der Waals surface area contributed by atoms with Gasteiger partial charge in [-0.1, -0.05) is 44.4 Å². The van der Waals surface area contributed by atoms with Crippen molar-refractivity contribution >= 4 is 16.9 Å². The second kappa shape index (κ2) is 7.84. The highest BCUT2D eigenvalue weighted by Crippen LogP contribution is 2.39. The third-order valence-electron chi connectivity index (χ3n) is 5.98. The van der Waals surface area contributed by atoms with Crippen LogP contribution in [0.2, 0.25) is 0 Å². The van der Waals surface area contributed by atoms with E-state index < -0.39 is 0 Å². The topological polar surface area (TPSA) is 78.9 Å². The van der Waals surface area contributed by atoms with Crippen LogP contribution in [0.3, 0.4) is 0 Å². The summed E-state index contributed by atoms with van der Waals surface area (Å²) < 4.78 is 0. The number of aryl methyl sites for hydroxylation is 1. The van der Waals surface area contributed by atoms with Crippen LogP contribution in [0.4, 0.5) is 0 Å². The first-order chi connectivity index (χ1) is 13.6. The van der Waals surface area contributed by atoms with E-state index in [1.54, 1.807) is 12.4 Å². The van der Waals surface area contributed by atoms with E-state index in [-0.39, 0.29) is 17.8 Å². The molecule has 0 aliphatic heterocycles. The number of hydrogen-bond donors (Lipinski definition) is 2. The van der Waals surface area contributed by atoms with Gasteiger partial charge >= 0.3 is 0 Å². The van der Waals surface area contributed by atoms with Crippen LogP contribution < -0.4 is 0 Å². The van der Waals surface area contributed by atoms with E-state index in [0.717, 1.165) is 55.3 Å². The van der Waals surface area contributed by atoms with Crippen molar-refractivity contribution in [3.05, 3.63) is 47.8 Å². The molecule has 2 aromatic heterocycles. The lowest BCUT2D eigenvalue weighted by atomic mass is 9.71. The van der Waals surface area contributed by atoms with E-state index in [1.807, 2.05) is 12.1 Å². The van der Waals surface area contributed by atoms with Crippen LogP contribution in [0.5, 0.6) is 0 Å². The number of aliphatic hydroxyl groups is 1. The number of nitrogens with one attached hydrogen (secondary N) is 1. The van der Waals surface area contributed by atoms with Crippen LogP contribution in [0.15, 0.2) is 36.7 Å². The van der Waals surface area contributed by atoms with Gasteiger partial charge in [0.1, 0.15) is 5.52 Å². The summed E-state index contributed by atoms with van der Waals surface area (Å²) in [4.78, 5) is 25.7. The summed E-state index contributed by atoms with van der Waals surface area (Å²) in [6, 6.07) is 8.15. The Morgan fingerprint density at radius 1 is 1.25 bits per heavy atom. The number of benzene rings is 1. The van der Waals surface area contributed by atoms with Crippen molar-refractivity contribution in [3.63, 3.8) is 0 Å². The summed E-state index contributed by atoms with van der Waals surface area (Å²) in [5.41, 5.74) is 4.58. The average Bonchev–Trinajstić information content (AvgIpc) is 3.15. The number of aliphatic hydroxyl groups excluding tert-OH is 1. The quantitative estimate of drug-likeness (QED) is 0.610. The standard InChI is InChI=1S/C23H27N3O2/c1-23(10-3-2-4-11-23)21(28)18-14-24-22-20(18)26-19(15-25-22)17-9-5-7-16(13-17)8-6-12-27/h5,7,9,13-15,27H,2-4,6,8,10-12H2,1H3,(H,24,25). The van der Waals surface area contributed by atoms with Crippen LogP contribution in [0.25, 0.3) is 22.4 Å². The first kappa shape index (κ1) is 18.8. The molecular formula is C23H27N3O2. The number of rotatable bonds is 6. The second-order valence-electron chi connectivity index (χ2n) is 8.13. The Bertz CT molecular complexity index is 986. The van der Waals surface area contributed by atoms with Crippen molar-refractivity contribution in [2.75, 3.05) is 6.61 Å². The van der Waals surface area contributed by atoms with Crippen molar-refractivity contribution < 1.29 is 9.90 Å². The number of ketones is 1. The van der Waals surface area contributed by atoms with E-state index >= 15 is 0 Å². The third-order valence-corrected chi connectivity index (χ3v) is 5.98. The van der Waals surface area contributed by atoms with E-state index in [9.17, 15) is 4.79 Å². The number of fused-ring (bicyclic) bond motifs is 1. The molecule has 1 fully saturated rings. The van der Waals surface area contributed by atoms with Gasteiger partial charge < -0.3 is 10.1 Å². The molecular weight excluding hydrogens is 350 g/mol. The molecule has 5 nitrogen and oxygen atoms in total. The molecule has 2 N–H and O–H groups in total. The zero-order valence-corrected chi connectivity index (χ0v) is 16.4. The molecule has 0 bridgehead atoms. The van der Waals surface area contributed by atoms with E-state index in [4.69, 9.17) is 10.1 Å². The van der Waals surface area contributed by atoms with Gasteiger partial charge in [-0.15, -0.1) is 0 Å². The van der Waals surface area contributed by atoms with Crippen LogP contribution in [0.1, 0.15) is 61.4 Å². The summed E-state index contributed by atoms with van der Waals surface area (Å²) in [5, 5.41) is 9.06. The molecule has 0 atom stereocenters. The van der Waals surface area contributed by atoms with Crippen LogP contribution in [-0.4, -0.2) is 32.4 Å². The fraction of sp³-hybridized carbons (Fsp3) is 0.435. The highest BCUT2D eigenvalue weighted by atomic mass is 16.2. The zero-order valence-electron chi connectivity index (χ0n) is 16.4. The first-order valence-electron chi connectivity index (χ1n) is 10.2. The number of carbonyl (C=O) groups is 1. The van der Waals surface area contributed by atoms with E-state index in [0.29, 0.717) is 16.7 Å². The highest BCUT2D eigenvalue weighted by molar-refractivity contribution is 6.08. The van der Waals surface area contributed by atoms with Gasteiger partial charge in [-0.3, -0.25) is 4.79 Å². The van der Waals surface area contributed by atoms with Crippen LogP contribution in [0, 0.1) is 5.41 Å². The molecule has 0 radical (unpaired) electrons. The number of carbonyl (C=O) groups excluding carboxylic acids is 1. The number of Topliss-reactive ketones (excluding diaryl/α,β-unsaturated/α-hetero) is 1. The van der Waals surface area contributed by atoms with Crippen LogP contribution in [-0.2, 0) is 6.42 Å². The lowest BCUT2D eigenvalue weighted by molar-refractivity contribution is 0.0751. The van der Waals surface area contributed by atoms with Gasteiger partial charge in [0.05, 0.1) is 17.5 Å². The van der Waals surface area contributed by atoms with E-state index in [2.05, 4.69) is 29.0 Å². The molecule has 1 aliphatic carbocycles. The fourth-order valence-electron chi connectivity index (χ4n) is 4.26. The van der Waals surface area contributed by atoms with Gasteiger partial charge in [0.25, 0.3) is 0 Å². The summed E-state index contributed by atoms with van der Waals surface area (Å²) in [6.45, 7) is 2.28. The average molecular weight is 377 g/mol. The lowest BCUT2D eigenvalue weighted by Gasteiger charge is -2.31. The number of H-pyrrole nitrogens is 1. The summed E-state index contributed by atoms with van der Waals surface area (Å²) >= 11 is 0. The van der Waals surface area contributed by atoms with E-state index in [1.165, 1.54) is 6.42 Å². The predicted molar refractivity (Wildman–Crippen MR) is 110 cm³/mol. The summed E-state index contributed by atoms with van der Waals surface area (Å²) in [5.74, 6) is 0.182. The molecule has 1 aromatic carbocycles. The Morgan fingerprint density at radius 2 is 2.07 bits per heavy atom. The lowest BCUT2D eigenvalue weighted by Crippen LogP contribution is -2.30. The number of aromatic nitrogens is 3. The van der Waals surface area contributed by atoms with Gasteiger partial charge in [0.2, 0.25) is 0 Å². The Kier molecular flexibility index (Phi) is 5.27. The molecule has 28 heavy (non-hydrogen) atoms. The maximum absolute atomic E-state index is 13.3. The number of aromatic amines is 1. The van der Waals surface area contributed by atoms with Crippen molar-refractivity contribution in [3.8, 4) is 11.3 Å². The molecule has 1 aliphatic rings. The van der Waals surface area contributed by atoms with Crippen molar-refractivity contribution in [1.29, 1.82) is 0 Å². The molecule has 4 rings (SSSR count). The van der Waals surface area contributed by atoms with Crippen LogP contribution >= 0.6 is 0 Å². The molecule has 2 heterocycles. The van der Waals surface area contributed by atoms with Gasteiger partial charge in [-0.25, -0.2) is 9.97 Å². The fourth-order valence-corrected chi connectivity index (χ4v) is 4.26.